The SMILES string of the molecule is N#Cc1cccn1CCCl. The molecule has 0 saturated heterocycles. The monoisotopic (exact) mass is 154 g/mol. The van der Waals surface area contributed by atoms with Gasteiger partial charge in [0, 0.05) is 18.6 Å². The summed E-state index contributed by atoms with van der Waals surface area (Å²) in [6.07, 6.45) is 1.85. The van der Waals surface area contributed by atoms with Crippen LogP contribution in [0.2, 0.25) is 0 Å². The number of hydrogen-bond acceptors (Lipinski definition) is 1. The van der Waals surface area contributed by atoms with Gasteiger partial charge in [0.15, 0.2) is 0 Å². The molecule has 0 fully saturated rings. The molecule has 0 aliphatic carbocycles. The van der Waals surface area contributed by atoms with Crippen LogP contribution in [-0.4, -0.2) is 10.4 Å². The van der Waals surface area contributed by atoms with Crippen LogP contribution in [-0.2, 0) is 6.54 Å². The Kier molecular flexibility index (Phi) is 2.35. The fraction of sp³-hybridized carbons (Fsp3) is 0.286. The molecule has 0 spiro atoms. The van der Waals surface area contributed by atoms with E-state index in [1.54, 1.807) is 6.07 Å². The highest BCUT2D eigenvalue weighted by molar-refractivity contribution is 6.17. The Balaban J connectivity index is 2.82. The third-order valence-corrected chi connectivity index (χ3v) is 1.44. The molecule has 1 aromatic rings. The second kappa shape index (κ2) is 3.28. The molecule has 0 radical (unpaired) electrons. The van der Waals surface area contributed by atoms with E-state index in [2.05, 4.69) is 6.07 Å². The van der Waals surface area contributed by atoms with Gasteiger partial charge in [-0.05, 0) is 12.1 Å². The van der Waals surface area contributed by atoms with Crippen LogP contribution in [0.25, 0.3) is 0 Å². The van der Waals surface area contributed by atoms with E-state index < -0.39 is 0 Å². The fourth-order valence-electron chi connectivity index (χ4n) is 0.802. The molecule has 2 nitrogen and oxygen atoms in total. The van der Waals surface area contributed by atoms with Crippen LogP contribution in [0, 0.1) is 11.3 Å². The van der Waals surface area contributed by atoms with Crippen molar-refractivity contribution in [3.8, 4) is 6.07 Å². The number of aromatic nitrogens is 1. The number of rotatable bonds is 2. The van der Waals surface area contributed by atoms with Gasteiger partial charge < -0.3 is 4.57 Å². The Morgan fingerprint density at radius 1 is 1.70 bits per heavy atom. The summed E-state index contributed by atoms with van der Waals surface area (Å²) in [6, 6.07) is 5.67. The minimum absolute atomic E-state index is 0.545. The molecular formula is C7H7ClN2. The number of nitriles is 1. The minimum Gasteiger partial charge on any atom is -0.338 e. The Hall–Kier alpha value is -0.940. The molecule has 1 rings (SSSR count). The predicted molar refractivity (Wildman–Crippen MR) is 39.9 cm³/mol. The maximum absolute atomic E-state index is 8.52. The van der Waals surface area contributed by atoms with Gasteiger partial charge in [-0.15, -0.1) is 11.6 Å². The summed E-state index contributed by atoms with van der Waals surface area (Å²) in [5.74, 6) is 0.545. The number of aryl methyl sites for hydroxylation is 1. The maximum Gasteiger partial charge on any atom is 0.120 e. The van der Waals surface area contributed by atoms with Crippen molar-refractivity contribution in [3.63, 3.8) is 0 Å². The average Bonchev–Trinajstić information content (AvgIpc) is 2.36. The van der Waals surface area contributed by atoms with Crippen molar-refractivity contribution in [2.24, 2.45) is 0 Å². The lowest BCUT2D eigenvalue weighted by Crippen LogP contribution is -1.99. The van der Waals surface area contributed by atoms with Crippen LogP contribution in [0.15, 0.2) is 18.3 Å². The molecule has 0 saturated carbocycles. The highest BCUT2D eigenvalue weighted by atomic mass is 35.5. The van der Waals surface area contributed by atoms with E-state index in [0.29, 0.717) is 18.1 Å². The van der Waals surface area contributed by atoms with Crippen LogP contribution in [0.3, 0.4) is 0 Å². The lowest BCUT2D eigenvalue weighted by Gasteiger charge is -1.98. The first-order chi connectivity index (χ1) is 4.88. The van der Waals surface area contributed by atoms with Crippen molar-refractivity contribution in [2.75, 3.05) is 5.88 Å². The highest BCUT2D eigenvalue weighted by Crippen LogP contribution is 1.99. The van der Waals surface area contributed by atoms with Crippen LogP contribution in [0.1, 0.15) is 5.69 Å². The molecule has 0 aromatic carbocycles. The molecular weight excluding hydrogens is 148 g/mol. The maximum atomic E-state index is 8.52. The van der Waals surface area contributed by atoms with E-state index in [-0.39, 0.29) is 0 Å². The van der Waals surface area contributed by atoms with Gasteiger partial charge >= 0.3 is 0 Å². The smallest absolute Gasteiger partial charge is 0.120 e. The van der Waals surface area contributed by atoms with Crippen molar-refractivity contribution < 1.29 is 0 Å². The Labute approximate surface area is 64.6 Å². The van der Waals surface area contributed by atoms with Gasteiger partial charge in [0.1, 0.15) is 11.8 Å². The molecule has 0 amide bonds. The van der Waals surface area contributed by atoms with Gasteiger partial charge in [-0.3, -0.25) is 0 Å². The second-order valence-corrected chi connectivity index (χ2v) is 2.27. The Morgan fingerprint density at radius 3 is 3.10 bits per heavy atom. The van der Waals surface area contributed by atoms with E-state index in [4.69, 9.17) is 16.9 Å². The molecule has 0 atom stereocenters. The first kappa shape index (κ1) is 7.17. The predicted octanol–water partition coefficient (Wildman–Crippen LogP) is 1.60. The first-order valence-electron chi connectivity index (χ1n) is 2.99. The molecule has 52 valence electrons. The summed E-state index contributed by atoms with van der Waals surface area (Å²) < 4.78 is 1.83. The first-order valence-corrected chi connectivity index (χ1v) is 3.53. The number of hydrogen-bond donors (Lipinski definition) is 0. The number of nitrogens with zero attached hydrogens (tertiary/aromatic N) is 2. The molecule has 1 aromatic heterocycles. The molecule has 0 bridgehead atoms. The number of alkyl halides is 1. The second-order valence-electron chi connectivity index (χ2n) is 1.89. The van der Waals surface area contributed by atoms with Crippen LogP contribution in [0.5, 0.6) is 0 Å². The normalized spacial score (nSPS) is 9.20. The molecule has 10 heavy (non-hydrogen) atoms. The van der Waals surface area contributed by atoms with Crippen molar-refractivity contribution in [2.45, 2.75) is 6.54 Å². The fourth-order valence-corrected chi connectivity index (χ4v) is 0.984. The molecule has 0 aliphatic rings. The number of halogens is 1. The van der Waals surface area contributed by atoms with Crippen LogP contribution in [0.4, 0.5) is 0 Å². The van der Waals surface area contributed by atoms with E-state index in [9.17, 15) is 0 Å². The third-order valence-electron chi connectivity index (χ3n) is 1.27. The van der Waals surface area contributed by atoms with E-state index >= 15 is 0 Å². The van der Waals surface area contributed by atoms with Crippen molar-refractivity contribution in [3.05, 3.63) is 24.0 Å². The standard InChI is InChI=1S/C7H7ClN2/c8-3-5-10-4-1-2-7(10)6-9/h1-2,4H,3,5H2. The zero-order valence-electron chi connectivity index (χ0n) is 5.42. The van der Waals surface area contributed by atoms with Gasteiger partial charge in [0.25, 0.3) is 0 Å². The van der Waals surface area contributed by atoms with Gasteiger partial charge in [-0.1, -0.05) is 0 Å². The van der Waals surface area contributed by atoms with E-state index in [1.807, 2.05) is 16.8 Å². The zero-order valence-corrected chi connectivity index (χ0v) is 6.17. The Morgan fingerprint density at radius 2 is 2.50 bits per heavy atom. The van der Waals surface area contributed by atoms with Crippen LogP contribution >= 0.6 is 11.6 Å². The largest absolute Gasteiger partial charge is 0.338 e. The minimum atomic E-state index is 0.545. The highest BCUT2D eigenvalue weighted by Gasteiger charge is 1.95. The zero-order chi connectivity index (χ0) is 7.40. The molecule has 1 heterocycles. The van der Waals surface area contributed by atoms with E-state index in [1.165, 1.54) is 0 Å². The van der Waals surface area contributed by atoms with Crippen molar-refractivity contribution in [1.82, 2.24) is 4.57 Å². The molecule has 0 unspecified atom stereocenters. The van der Waals surface area contributed by atoms with Gasteiger partial charge in [-0.25, -0.2) is 0 Å². The summed E-state index contributed by atoms with van der Waals surface area (Å²) in [5.41, 5.74) is 0.667. The van der Waals surface area contributed by atoms with Crippen molar-refractivity contribution in [1.29, 1.82) is 5.26 Å². The summed E-state index contributed by atoms with van der Waals surface area (Å²) in [4.78, 5) is 0. The topological polar surface area (TPSA) is 28.7 Å². The van der Waals surface area contributed by atoms with Crippen LogP contribution < -0.4 is 0 Å². The van der Waals surface area contributed by atoms with Gasteiger partial charge in [-0.2, -0.15) is 5.26 Å². The summed E-state index contributed by atoms with van der Waals surface area (Å²) in [7, 11) is 0. The summed E-state index contributed by atoms with van der Waals surface area (Å²) in [5, 5.41) is 8.52. The molecule has 0 aliphatic heterocycles. The van der Waals surface area contributed by atoms with Gasteiger partial charge in [0.05, 0.1) is 0 Å². The van der Waals surface area contributed by atoms with Crippen molar-refractivity contribution >= 4 is 11.6 Å². The quantitative estimate of drug-likeness (QED) is 0.595. The lowest BCUT2D eigenvalue weighted by molar-refractivity contribution is 0.764. The molecule has 3 heteroatoms. The lowest BCUT2D eigenvalue weighted by atomic mass is 10.5. The average molecular weight is 155 g/mol. The third kappa shape index (κ3) is 1.31. The van der Waals surface area contributed by atoms with E-state index in [0.717, 1.165) is 0 Å². The Bertz CT molecular complexity index is 246. The summed E-state index contributed by atoms with van der Waals surface area (Å²) >= 11 is 5.49. The summed E-state index contributed by atoms with van der Waals surface area (Å²) in [6.45, 7) is 0.706. The van der Waals surface area contributed by atoms with Gasteiger partial charge in [0.2, 0.25) is 0 Å². The molecule has 0 N–H and O–H groups in total.